The van der Waals surface area contributed by atoms with Gasteiger partial charge in [0.1, 0.15) is 0 Å². The largest absolute Gasteiger partial charge is 0.466 e. The maximum atomic E-state index is 13.3. The fraction of sp³-hybridized carbons (Fsp3) is 0.944. The van der Waals surface area contributed by atoms with Crippen LogP contribution in [0, 0.1) is 17.8 Å². The summed E-state index contributed by atoms with van der Waals surface area (Å²) in [6.45, 7) is 16.1. The molecule has 1 rings (SSSR count). The molecular weight excluding hydrogens is 773 g/mol. The zero-order valence-electron chi connectivity index (χ0n) is 42.0. The van der Waals surface area contributed by atoms with Gasteiger partial charge < -0.3 is 24.0 Å². The Kier molecular flexibility index (Phi) is 40.7. The Balaban J connectivity index is 2.32. The van der Waals surface area contributed by atoms with Gasteiger partial charge in [-0.15, -0.1) is 0 Å². The second kappa shape index (κ2) is 43.2. The molecule has 8 heteroatoms. The van der Waals surface area contributed by atoms with Crippen molar-refractivity contribution < 1.29 is 28.6 Å². The molecule has 1 heterocycles. The quantitative estimate of drug-likeness (QED) is 0.0340. The molecule has 1 aliphatic rings. The van der Waals surface area contributed by atoms with E-state index in [2.05, 4.69) is 44.5 Å². The molecule has 1 unspecified atom stereocenters. The van der Waals surface area contributed by atoms with Crippen LogP contribution in [0.15, 0.2) is 0 Å². The monoisotopic (exact) mass is 877 g/mol. The summed E-state index contributed by atoms with van der Waals surface area (Å²) in [6.07, 6.45) is 39.2. The zero-order valence-corrected chi connectivity index (χ0v) is 42.0. The van der Waals surface area contributed by atoms with Crippen LogP contribution >= 0.6 is 0 Å². The van der Waals surface area contributed by atoms with E-state index >= 15 is 0 Å². The van der Waals surface area contributed by atoms with Crippen molar-refractivity contribution in [2.24, 2.45) is 17.8 Å². The molecule has 0 saturated carbocycles. The molecule has 0 aliphatic carbocycles. The van der Waals surface area contributed by atoms with Crippen LogP contribution in [-0.2, 0) is 28.6 Å². The van der Waals surface area contributed by atoms with Gasteiger partial charge in [0.05, 0.1) is 25.7 Å². The van der Waals surface area contributed by atoms with E-state index in [0.717, 1.165) is 129 Å². The Morgan fingerprint density at radius 3 is 1.18 bits per heavy atom. The van der Waals surface area contributed by atoms with Crippen molar-refractivity contribution in [3.63, 3.8) is 0 Å². The topological polar surface area (TPSA) is 85.4 Å². The van der Waals surface area contributed by atoms with Gasteiger partial charge in [-0.1, -0.05) is 195 Å². The van der Waals surface area contributed by atoms with Crippen LogP contribution < -0.4 is 0 Å². The highest BCUT2D eigenvalue weighted by Gasteiger charge is 2.20. The number of piperazine rings is 1. The first-order valence-electron chi connectivity index (χ1n) is 27.2. The molecule has 0 amide bonds. The lowest BCUT2D eigenvalue weighted by Crippen LogP contribution is -2.44. The van der Waals surface area contributed by atoms with Crippen LogP contribution in [0.2, 0.25) is 0 Å². The Morgan fingerprint density at radius 1 is 0.403 bits per heavy atom. The van der Waals surface area contributed by atoms with Crippen molar-refractivity contribution in [3.8, 4) is 0 Å². The second-order valence-corrected chi connectivity index (χ2v) is 19.4. The average molecular weight is 877 g/mol. The van der Waals surface area contributed by atoms with Crippen LogP contribution in [0.25, 0.3) is 0 Å². The summed E-state index contributed by atoms with van der Waals surface area (Å²) in [7, 11) is 2.18. The Morgan fingerprint density at radius 2 is 0.774 bits per heavy atom. The molecule has 1 fully saturated rings. The molecule has 0 spiro atoms. The first kappa shape index (κ1) is 58.3. The first-order chi connectivity index (χ1) is 30.3. The summed E-state index contributed by atoms with van der Waals surface area (Å²) in [4.78, 5) is 43.0. The third-order valence-electron chi connectivity index (χ3n) is 13.6. The van der Waals surface area contributed by atoms with Gasteiger partial charge in [-0.3, -0.25) is 14.4 Å². The maximum absolute atomic E-state index is 13.3. The van der Waals surface area contributed by atoms with Crippen molar-refractivity contribution in [1.82, 2.24) is 9.80 Å². The molecule has 0 N–H and O–H groups in total. The molecular formula is C54H104N2O6. The molecule has 0 radical (unpaired) electrons. The average Bonchev–Trinajstić information content (AvgIpc) is 3.26. The van der Waals surface area contributed by atoms with Crippen molar-refractivity contribution in [2.75, 3.05) is 59.6 Å². The Bertz CT molecular complexity index is 997. The van der Waals surface area contributed by atoms with E-state index in [1.54, 1.807) is 0 Å². The minimum atomic E-state index is -0.0360. The number of carbonyl (C=O) groups is 3. The SMILES string of the molecule is CCCCCC(CCCCC)CCOC(=O)CCCCCCCCCC(CCCCCCCC(=O)OCCC(CCCCC)CCCCC)C(=O)OCCCN1CCN(C)CC1. The van der Waals surface area contributed by atoms with Gasteiger partial charge in [-0.25, -0.2) is 0 Å². The van der Waals surface area contributed by atoms with Gasteiger partial charge >= 0.3 is 17.9 Å². The molecule has 1 atom stereocenters. The van der Waals surface area contributed by atoms with Crippen LogP contribution in [0.4, 0.5) is 0 Å². The van der Waals surface area contributed by atoms with Crippen LogP contribution in [0.5, 0.6) is 0 Å². The number of hydrogen-bond donors (Lipinski definition) is 0. The smallest absolute Gasteiger partial charge is 0.308 e. The lowest BCUT2D eigenvalue weighted by Gasteiger charge is -2.32. The highest BCUT2D eigenvalue weighted by molar-refractivity contribution is 5.72. The summed E-state index contributed by atoms with van der Waals surface area (Å²) >= 11 is 0. The van der Waals surface area contributed by atoms with Crippen molar-refractivity contribution in [2.45, 2.75) is 252 Å². The third-order valence-corrected chi connectivity index (χ3v) is 13.6. The van der Waals surface area contributed by atoms with Crippen molar-refractivity contribution in [1.29, 1.82) is 0 Å². The van der Waals surface area contributed by atoms with E-state index in [0.29, 0.717) is 44.5 Å². The number of esters is 3. The van der Waals surface area contributed by atoms with Gasteiger partial charge in [0.2, 0.25) is 0 Å². The van der Waals surface area contributed by atoms with E-state index in [1.165, 1.54) is 116 Å². The highest BCUT2D eigenvalue weighted by atomic mass is 16.5. The number of hydrogen-bond acceptors (Lipinski definition) is 8. The molecule has 0 aromatic carbocycles. The predicted octanol–water partition coefficient (Wildman–Crippen LogP) is 14.4. The number of ether oxygens (including phenoxy) is 3. The highest BCUT2D eigenvalue weighted by Crippen LogP contribution is 2.24. The fourth-order valence-electron chi connectivity index (χ4n) is 9.19. The molecule has 8 nitrogen and oxygen atoms in total. The van der Waals surface area contributed by atoms with E-state index in [-0.39, 0.29) is 23.8 Å². The van der Waals surface area contributed by atoms with Gasteiger partial charge in [0, 0.05) is 45.6 Å². The molecule has 62 heavy (non-hydrogen) atoms. The second-order valence-electron chi connectivity index (χ2n) is 19.4. The minimum absolute atomic E-state index is 0.000480. The van der Waals surface area contributed by atoms with Gasteiger partial charge in [0.25, 0.3) is 0 Å². The molecule has 1 aliphatic heterocycles. The Labute approximate surface area is 384 Å². The summed E-state index contributed by atoms with van der Waals surface area (Å²) in [5, 5.41) is 0. The zero-order chi connectivity index (χ0) is 45.1. The first-order valence-corrected chi connectivity index (χ1v) is 27.2. The number of unbranched alkanes of at least 4 members (excludes halogenated alkanes) is 18. The van der Waals surface area contributed by atoms with Crippen LogP contribution in [-0.4, -0.2) is 87.3 Å². The van der Waals surface area contributed by atoms with Gasteiger partial charge in [-0.2, -0.15) is 0 Å². The van der Waals surface area contributed by atoms with Crippen LogP contribution in [0.1, 0.15) is 252 Å². The molecule has 366 valence electrons. The summed E-state index contributed by atoms with van der Waals surface area (Å²) < 4.78 is 17.2. The van der Waals surface area contributed by atoms with Crippen molar-refractivity contribution in [3.05, 3.63) is 0 Å². The van der Waals surface area contributed by atoms with E-state index in [1.807, 2.05) is 0 Å². The lowest BCUT2D eigenvalue weighted by molar-refractivity contribution is -0.149. The third kappa shape index (κ3) is 35.7. The fourth-order valence-corrected chi connectivity index (χ4v) is 9.19. The van der Waals surface area contributed by atoms with Crippen LogP contribution in [0.3, 0.4) is 0 Å². The number of nitrogens with zero attached hydrogens (tertiary/aromatic N) is 2. The summed E-state index contributed by atoms with van der Waals surface area (Å²) in [6, 6.07) is 0. The van der Waals surface area contributed by atoms with E-state index < -0.39 is 0 Å². The number of rotatable bonds is 45. The van der Waals surface area contributed by atoms with Gasteiger partial charge in [-0.05, 0) is 63.8 Å². The molecule has 0 bridgehead atoms. The van der Waals surface area contributed by atoms with E-state index in [9.17, 15) is 14.4 Å². The maximum Gasteiger partial charge on any atom is 0.308 e. The number of likely N-dealkylation sites (N-methyl/N-ethyl adjacent to an activating group) is 1. The van der Waals surface area contributed by atoms with Crippen molar-refractivity contribution >= 4 is 17.9 Å². The molecule has 1 saturated heterocycles. The summed E-state index contributed by atoms with van der Waals surface area (Å²) in [5.74, 6) is 1.32. The van der Waals surface area contributed by atoms with Gasteiger partial charge in [0.15, 0.2) is 0 Å². The molecule has 0 aromatic rings. The number of carbonyl (C=O) groups excluding carboxylic acids is 3. The Hall–Kier alpha value is -1.67. The summed E-state index contributed by atoms with van der Waals surface area (Å²) in [5.41, 5.74) is 0. The lowest BCUT2D eigenvalue weighted by atomic mass is 9.92. The minimum Gasteiger partial charge on any atom is -0.466 e. The predicted molar refractivity (Wildman–Crippen MR) is 262 cm³/mol. The normalized spacial score (nSPS) is 14.2. The standard InChI is InChI=1S/C54H104N2O6/c1-6-10-22-31-49(32-23-11-7-2)39-47-60-52(57)37-28-20-16-14-15-18-26-35-51(54(59)62-46-30-41-56-44-42-55(5)43-45-56)36-27-19-17-21-29-38-53(58)61-48-40-50(33-24-12-8-3)34-25-13-9-4/h49-51H,6-48H2,1-5H3. The van der Waals surface area contributed by atoms with E-state index in [4.69, 9.17) is 14.2 Å². The molecule has 0 aromatic heterocycles.